The summed E-state index contributed by atoms with van der Waals surface area (Å²) in [5.74, 6) is -0.158. The number of nitrogens with zero attached hydrogens (tertiary/aromatic N) is 2. The Morgan fingerprint density at radius 1 is 1.37 bits per heavy atom. The van der Waals surface area contributed by atoms with Gasteiger partial charge in [0.2, 0.25) is 10.0 Å². The molecule has 0 amide bonds. The lowest BCUT2D eigenvalue weighted by Crippen LogP contribution is -2.34. The average molecular weight is 282 g/mol. The Labute approximate surface area is 114 Å². The van der Waals surface area contributed by atoms with E-state index < -0.39 is 10.0 Å². The first kappa shape index (κ1) is 15.6. The molecule has 19 heavy (non-hydrogen) atoms. The molecule has 0 radical (unpaired) electrons. The van der Waals surface area contributed by atoms with Gasteiger partial charge < -0.3 is 4.74 Å². The Bertz CT molecular complexity index is 549. The van der Waals surface area contributed by atoms with Crippen LogP contribution >= 0.6 is 0 Å². The summed E-state index contributed by atoms with van der Waals surface area (Å²) in [7, 11) is -1.89. The van der Waals surface area contributed by atoms with Crippen LogP contribution in [0.3, 0.4) is 0 Å². The number of benzene rings is 1. The van der Waals surface area contributed by atoms with Gasteiger partial charge in [0.05, 0.1) is 24.0 Å². The fourth-order valence-electron chi connectivity index (χ4n) is 1.73. The predicted molar refractivity (Wildman–Crippen MR) is 72.9 cm³/mol. The first-order valence-corrected chi connectivity index (χ1v) is 7.60. The molecule has 0 aliphatic carbocycles. The van der Waals surface area contributed by atoms with Crippen molar-refractivity contribution in [2.45, 2.75) is 12.7 Å². The van der Waals surface area contributed by atoms with E-state index in [4.69, 9.17) is 10.00 Å². The van der Waals surface area contributed by atoms with Gasteiger partial charge in [0, 0.05) is 20.2 Å². The number of methoxy groups -OCH3 is 1. The second-order valence-electron chi connectivity index (χ2n) is 4.01. The van der Waals surface area contributed by atoms with E-state index in [1.54, 1.807) is 31.2 Å². The SMILES string of the molecule is CCN(CCOC)S(=O)(=O)Cc1ccccc1C#N. The van der Waals surface area contributed by atoms with Crippen molar-refractivity contribution < 1.29 is 13.2 Å². The number of hydrogen-bond acceptors (Lipinski definition) is 4. The smallest absolute Gasteiger partial charge is 0.218 e. The Morgan fingerprint density at radius 3 is 2.63 bits per heavy atom. The second-order valence-corrected chi connectivity index (χ2v) is 5.98. The van der Waals surface area contributed by atoms with E-state index in [-0.39, 0.29) is 5.75 Å². The molecule has 0 aliphatic heterocycles. The highest BCUT2D eigenvalue weighted by Crippen LogP contribution is 2.14. The van der Waals surface area contributed by atoms with Gasteiger partial charge >= 0.3 is 0 Å². The van der Waals surface area contributed by atoms with Gasteiger partial charge in [-0.3, -0.25) is 0 Å². The molecule has 1 aromatic rings. The summed E-state index contributed by atoms with van der Waals surface area (Å²) in [6, 6.07) is 8.75. The van der Waals surface area contributed by atoms with Gasteiger partial charge in [0.1, 0.15) is 0 Å². The van der Waals surface area contributed by atoms with Crippen molar-refractivity contribution in [3.05, 3.63) is 35.4 Å². The van der Waals surface area contributed by atoms with E-state index in [1.165, 1.54) is 11.4 Å². The lowest BCUT2D eigenvalue weighted by Gasteiger charge is -2.20. The summed E-state index contributed by atoms with van der Waals surface area (Å²) in [5, 5.41) is 8.97. The maximum absolute atomic E-state index is 12.3. The predicted octanol–water partition coefficient (Wildman–Crippen LogP) is 1.36. The van der Waals surface area contributed by atoms with Crippen LogP contribution in [0, 0.1) is 11.3 Å². The second kappa shape index (κ2) is 7.24. The summed E-state index contributed by atoms with van der Waals surface area (Å²) >= 11 is 0. The van der Waals surface area contributed by atoms with Crippen molar-refractivity contribution in [2.75, 3.05) is 26.8 Å². The third kappa shape index (κ3) is 4.31. The van der Waals surface area contributed by atoms with Crippen LogP contribution in [-0.2, 0) is 20.5 Å². The molecular weight excluding hydrogens is 264 g/mol. The van der Waals surface area contributed by atoms with E-state index in [9.17, 15) is 8.42 Å². The first-order valence-electron chi connectivity index (χ1n) is 6.00. The first-order chi connectivity index (χ1) is 9.05. The van der Waals surface area contributed by atoms with Crippen molar-refractivity contribution in [3.8, 4) is 6.07 Å². The van der Waals surface area contributed by atoms with Crippen LogP contribution in [0.5, 0.6) is 0 Å². The zero-order chi connectivity index (χ0) is 14.3. The summed E-state index contributed by atoms with van der Waals surface area (Å²) in [6.45, 7) is 2.85. The summed E-state index contributed by atoms with van der Waals surface area (Å²) in [6.07, 6.45) is 0. The van der Waals surface area contributed by atoms with E-state index in [2.05, 4.69) is 0 Å². The molecular formula is C13H18N2O3S. The van der Waals surface area contributed by atoms with Crippen LogP contribution in [0.1, 0.15) is 18.1 Å². The van der Waals surface area contributed by atoms with E-state index >= 15 is 0 Å². The molecule has 1 rings (SSSR count). The molecule has 0 aromatic heterocycles. The van der Waals surface area contributed by atoms with Crippen LogP contribution in [-0.4, -0.2) is 39.5 Å². The van der Waals surface area contributed by atoms with Gasteiger partial charge in [-0.05, 0) is 11.6 Å². The van der Waals surface area contributed by atoms with Gasteiger partial charge in [0.25, 0.3) is 0 Å². The fraction of sp³-hybridized carbons (Fsp3) is 0.462. The molecule has 5 nitrogen and oxygen atoms in total. The third-order valence-electron chi connectivity index (χ3n) is 2.77. The van der Waals surface area contributed by atoms with Crippen LogP contribution in [0.2, 0.25) is 0 Å². The zero-order valence-electron chi connectivity index (χ0n) is 11.2. The summed E-state index contributed by atoms with van der Waals surface area (Å²) < 4.78 is 30.8. The maximum atomic E-state index is 12.3. The lowest BCUT2D eigenvalue weighted by molar-refractivity contribution is 0.180. The van der Waals surface area contributed by atoms with Crippen molar-refractivity contribution in [3.63, 3.8) is 0 Å². The quantitative estimate of drug-likeness (QED) is 0.757. The van der Waals surface area contributed by atoms with Crippen LogP contribution < -0.4 is 0 Å². The number of ether oxygens (including phenoxy) is 1. The van der Waals surface area contributed by atoms with Crippen LogP contribution in [0.25, 0.3) is 0 Å². The molecule has 0 bridgehead atoms. The Morgan fingerprint density at radius 2 is 2.05 bits per heavy atom. The Balaban J connectivity index is 2.92. The lowest BCUT2D eigenvalue weighted by atomic mass is 10.1. The fourth-order valence-corrected chi connectivity index (χ4v) is 3.30. The van der Waals surface area contributed by atoms with Gasteiger partial charge in [0.15, 0.2) is 0 Å². The van der Waals surface area contributed by atoms with E-state index in [0.29, 0.717) is 30.8 Å². The molecule has 0 aliphatic rings. The van der Waals surface area contributed by atoms with Crippen LogP contribution in [0.4, 0.5) is 0 Å². The third-order valence-corrected chi connectivity index (χ3v) is 4.67. The molecule has 6 heteroatoms. The molecule has 1 aromatic carbocycles. The highest BCUT2D eigenvalue weighted by Gasteiger charge is 2.21. The molecule has 0 saturated heterocycles. The highest BCUT2D eigenvalue weighted by molar-refractivity contribution is 7.88. The minimum atomic E-state index is -3.43. The Kier molecular flexibility index (Phi) is 5.96. The molecule has 104 valence electrons. The molecule has 0 atom stereocenters. The standard InChI is InChI=1S/C13H18N2O3S/c1-3-15(8-9-18-2)19(16,17)11-13-7-5-4-6-12(13)10-14/h4-7H,3,8-9,11H2,1-2H3. The van der Waals surface area contributed by atoms with Gasteiger partial charge in [-0.15, -0.1) is 0 Å². The summed E-state index contributed by atoms with van der Waals surface area (Å²) in [4.78, 5) is 0. The van der Waals surface area contributed by atoms with Gasteiger partial charge in [-0.2, -0.15) is 9.57 Å². The monoisotopic (exact) mass is 282 g/mol. The van der Waals surface area contributed by atoms with Gasteiger partial charge in [-0.1, -0.05) is 25.1 Å². The zero-order valence-corrected chi connectivity index (χ0v) is 12.0. The van der Waals surface area contributed by atoms with Crippen molar-refractivity contribution in [2.24, 2.45) is 0 Å². The Hall–Kier alpha value is -1.42. The van der Waals surface area contributed by atoms with Crippen molar-refractivity contribution in [1.29, 1.82) is 5.26 Å². The number of likely N-dealkylation sites (N-methyl/N-ethyl adjacent to an activating group) is 1. The molecule has 0 N–H and O–H groups in total. The molecule has 0 fully saturated rings. The summed E-state index contributed by atoms with van der Waals surface area (Å²) in [5.41, 5.74) is 0.926. The number of hydrogen-bond donors (Lipinski definition) is 0. The van der Waals surface area contributed by atoms with Gasteiger partial charge in [-0.25, -0.2) is 8.42 Å². The minimum Gasteiger partial charge on any atom is -0.383 e. The number of nitriles is 1. The maximum Gasteiger partial charge on any atom is 0.218 e. The highest BCUT2D eigenvalue weighted by atomic mass is 32.2. The average Bonchev–Trinajstić information content (AvgIpc) is 2.39. The van der Waals surface area contributed by atoms with Crippen LogP contribution in [0.15, 0.2) is 24.3 Å². The van der Waals surface area contributed by atoms with E-state index in [0.717, 1.165) is 0 Å². The number of sulfonamides is 1. The largest absolute Gasteiger partial charge is 0.383 e. The van der Waals surface area contributed by atoms with E-state index in [1.807, 2.05) is 6.07 Å². The normalized spacial score (nSPS) is 11.5. The topological polar surface area (TPSA) is 70.4 Å². The molecule has 0 unspecified atom stereocenters. The van der Waals surface area contributed by atoms with Crippen molar-refractivity contribution >= 4 is 10.0 Å². The minimum absolute atomic E-state index is 0.158. The molecule has 0 saturated carbocycles. The molecule has 0 heterocycles. The van der Waals surface area contributed by atoms with Crippen molar-refractivity contribution in [1.82, 2.24) is 4.31 Å². The number of rotatable bonds is 7. The molecule has 0 spiro atoms.